The van der Waals surface area contributed by atoms with Crippen LogP contribution in [0.25, 0.3) is 0 Å². The highest BCUT2D eigenvalue weighted by molar-refractivity contribution is 6.30. The summed E-state index contributed by atoms with van der Waals surface area (Å²) in [6.45, 7) is 1.01. The summed E-state index contributed by atoms with van der Waals surface area (Å²) in [5.74, 6) is -1.08. The predicted octanol–water partition coefficient (Wildman–Crippen LogP) is 2.50. The van der Waals surface area contributed by atoms with Crippen molar-refractivity contribution in [1.29, 1.82) is 0 Å². The van der Waals surface area contributed by atoms with Gasteiger partial charge in [0.05, 0.1) is 13.2 Å². The van der Waals surface area contributed by atoms with Gasteiger partial charge >= 0.3 is 5.97 Å². The Morgan fingerprint density at radius 3 is 2.50 bits per heavy atom. The molecule has 0 saturated carbocycles. The molecule has 28 heavy (non-hydrogen) atoms. The molecule has 2 aromatic rings. The fourth-order valence-electron chi connectivity index (χ4n) is 2.33. The Morgan fingerprint density at radius 1 is 1.11 bits per heavy atom. The zero-order chi connectivity index (χ0) is 20.5. The third kappa shape index (κ3) is 6.59. The van der Waals surface area contributed by atoms with E-state index in [1.807, 2.05) is 0 Å². The van der Waals surface area contributed by atoms with Crippen LogP contribution in [0.3, 0.4) is 0 Å². The maximum Gasteiger partial charge on any atom is 0.325 e. The minimum absolute atomic E-state index is 0.267. The second kappa shape index (κ2) is 10.3. The number of amides is 2. The summed E-state index contributed by atoms with van der Waals surface area (Å²) in [5.41, 5.74) is 1.22. The van der Waals surface area contributed by atoms with Crippen molar-refractivity contribution in [1.82, 2.24) is 10.6 Å². The van der Waals surface area contributed by atoms with E-state index in [9.17, 15) is 14.4 Å². The molecule has 7 nitrogen and oxygen atoms in total. The van der Waals surface area contributed by atoms with E-state index in [0.29, 0.717) is 16.3 Å². The topological polar surface area (TPSA) is 93.7 Å². The summed E-state index contributed by atoms with van der Waals surface area (Å²) in [5, 5.41) is 5.75. The minimum Gasteiger partial charge on any atom is -0.497 e. The maximum absolute atomic E-state index is 12.0. The lowest BCUT2D eigenvalue weighted by Crippen LogP contribution is -2.34. The van der Waals surface area contributed by atoms with E-state index in [1.165, 1.54) is 7.11 Å². The molecule has 0 saturated heterocycles. The Morgan fingerprint density at radius 2 is 1.82 bits per heavy atom. The SMILES string of the molecule is COc1cccc(C(=O)NCC(=O)OCC(=O)N[C@@H](C)c2ccc(Cl)cc2)c1. The number of benzene rings is 2. The van der Waals surface area contributed by atoms with Crippen LogP contribution in [0.15, 0.2) is 48.5 Å². The van der Waals surface area contributed by atoms with Gasteiger partial charge in [-0.3, -0.25) is 14.4 Å². The van der Waals surface area contributed by atoms with Crippen molar-refractivity contribution in [3.63, 3.8) is 0 Å². The van der Waals surface area contributed by atoms with Gasteiger partial charge < -0.3 is 20.1 Å². The Bertz CT molecular complexity index is 839. The molecule has 2 amide bonds. The van der Waals surface area contributed by atoms with Gasteiger partial charge in [-0.2, -0.15) is 0 Å². The molecule has 0 unspecified atom stereocenters. The lowest BCUT2D eigenvalue weighted by atomic mass is 10.1. The highest BCUT2D eigenvalue weighted by Gasteiger charge is 2.13. The molecule has 0 aliphatic carbocycles. The molecule has 1 atom stereocenters. The maximum atomic E-state index is 12.0. The van der Waals surface area contributed by atoms with E-state index in [-0.39, 0.29) is 12.6 Å². The van der Waals surface area contributed by atoms with Crippen LogP contribution in [0, 0.1) is 0 Å². The van der Waals surface area contributed by atoms with Crippen molar-refractivity contribution >= 4 is 29.4 Å². The Kier molecular flexibility index (Phi) is 7.83. The van der Waals surface area contributed by atoms with Gasteiger partial charge in [-0.05, 0) is 42.8 Å². The molecule has 8 heteroatoms. The van der Waals surface area contributed by atoms with Gasteiger partial charge in [-0.25, -0.2) is 0 Å². The number of hydrogen-bond acceptors (Lipinski definition) is 5. The normalized spacial score (nSPS) is 11.2. The number of hydrogen-bond donors (Lipinski definition) is 2. The second-order valence-corrected chi connectivity index (χ2v) is 6.35. The van der Waals surface area contributed by atoms with Crippen molar-refractivity contribution < 1.29 is 23.9 Å². The van der Waals surface area contributed by atoms with Crippen LogP contribution >= 0.6 is 11.6 Å². The third-order valence-corrected chi connectivity index (χ3v) is 4.09. The van der Waals surface area contributed by atoms with Crippen molar-refractivity contribution in [2.24, 2.45) is 0 Å². The zero-order valence-electron chi connectivity index (χ0n) is 15.5. The minimum atomic E-state index is -0.717. The third-order valence-electron chi connectivity index (χ3n) is 3.84. The van der Waals surface area contributed by atoms with Crippen LogP contribution in [0.2, 0.25) is 5.02 Å². The predicted molar refractivity (Wildman–Crippen MR) is 104 cm³/mol. The van der Waals surface area contributed by atoms with Gasteiger partial charge in [-0.15, -0.1) is 0 Å². The number of rotatable bonds is 8. The smallest absolute Gasteiger partial charge is 0.325 e. The summed E-state index contributed by atoms with van der Waals surface area (Å²) in [6.07, 6.45) is 0. The molecule has 0 radical (unpaired) electrons. The van der Waals surface area contributed by atoms with Crippen LogP contribution in [-0.4, -0.2) is 38.0 Å². The van der Waals surface area contributed by atoms with Crippen LogP contribution < -0.4 is 15.4 Å². The van der Waals surface area contributed by atoms with Crippen LogP contribution in [0.4, 0.5) is 0 Å². The molecule has 0 aliphatic heterocycles. The number of methoxy groups -OCH3 is 1. The molecule has 0 aliphatic rings. The molecule has 0 heterocycles. The van der Waals surface area contributed by atoms with Gasteiger partial charge in [0.2, 0.25) is 0 Å². The summed E-state index contributed by atoms with van der Waals surface area (Å²) in [6, 6.07) is 13.3. The molecule has 2 aromatic carbocycles. The summed E-state index contributed by atoms with van der Waals surface area (Å²) >= 11 is 5.83. The molecular weight excluding hydrogens is 384 g/mol. The lowest BCUT2D eigenvalue weighted by molar-refractivity contribution is -0.147. The highest BCUT2D eigenvalue weighted by Crippen LogP contribution is 2.16. The van der Waals surface area contributed by atoms with E-state index in [4.69, 9.17) is 21.1 Å². The van der Waals surface area contributed by atoms with Gasteiger partial charge in [0, 0.05) is 10.6 Å². The number of esters is 1. The van der Waals surface area contributed by atoms with Crippen molar-refractivity contribution in [3.05, 3.63) is 64.7 Å². The van der Waals surface area contributed by atoms with Gasteiger partial charge in [0.1, 0.15) is 12.3 Å². The van der Waals surface area contributed by atoms with E-state index < -0.39 is 24.4 Å². The molecule has 0 fully saturated rings. The fraction of sp³-hybridized carbons (Fsp3) is 0.250. The first kappa shape index (κ1) is 21.2. The van der Waals surface area contributed by atoms with E-state index in [0.717, 1.165) is 5.56 Å². The Balaban J connectivity index is 1.73. The average molecular weight is 405 g/mol. The molecular formula is C20H21ClN2O5. The Hall–Kier alpha value is -3.06. The van der Waals surface area contributed by atoms with Gasteiger partial charge in [0.25, 0.3) is 11.8 Å². The molecule has 0 bridgehead atoms. The molecule has 0 aromatic heterocycles. The largest absolute Gasteiger partial charge is 0.497 e. The van der Waals surface area contributed by atoms with Crippen molar-refractivity contribution in [2.75, 3.05) is 20.3 Å². The lowest BCUT2D eigenvalue weighted by Gasteiger charge is -2.14. The number of ether oxygens (including phenoxy) is 2. The molecule has 148 valence electrons. The molecule has 0 spiro atoms. The average Bonchev–Trinajstić information content (AvgIpc) is 2.70. The van der Waals surface area contributed by atoms with Crippen molar-refractivity contribution in [3.8, 4) is 5.75 Å². The van der Waals surface area contributed by atoms with E-state index in [1.54, 1.807) is 55.5 Å². The second-order valence-electron chi connectivity index (χ2n) is 5.92. The first-order chi connectivity index (χ1) is 13.4. The van der Waals surface area contributed by atoms with Crippen LogP contribution in [0.5, 0.6) is 5.75 Å². The summed E-state index contributed by atoms with van der Waals surface area (Å²) in [7, 11) is 1.49. The number of carbonyl (C=O) groups excluding carboxylic acids is 3. The van der Waals surface area contributed by atoms with Crippen LogP contribution in [0.1, 0.15) is 28.9 Å². The molecule has 2 rings (SSSR count). The van der Waals surface area contributed by atoms with Crippen LogP contribution in [-0.2, 0) is 14.3 Å². The summed E-state index contributed by atoms with van der Waals surface area (Å²) in [4.78, 5) is 35.7. The van der Waals surface area contributed by atoms with Crippen molar-refractivity contribution in [2.45, 2.75) is 13.0 Å². The van der Waals surface area contributed by atoms with E-state index in [2.05, 4.69) is 10.6 Å². The first-order valence-electron chi connectivity index (χ1n) is 8.51. The highest BCUT2D eigenvalue weighted by atomic mass is 35.5. The number of nitrogens with one attached hydrogen (secondary N) is 2. The number of carbonyl (C=O) groups is 3. The first-order valence-corrected chi connectivity index (χ1v) is 8.89. The van der Waals surface area contributed by atoms with Gasteiger partial charge in [-0.1, -0.05) is 29.8 Å². The number of halogens is 1. The fourth-order valence-corrected chi connectivity index (χ4v) is 2.46. The quantitative estimate of drug-likeness (QED) is 0.659. The standard InChI is InChI=1S/C20H21ClN2O5/c1-13(14-6-8-16(21)9-7-14)23-18(24)12-28-19(25)11-22-20(26)15-4-3-5-17(10-15)27-2/h3-10,13H,11-12H2,1-2H3,(H,22,26)(H,23,24)/t13-/m0/s1. The molecule has 2 N–H and O–H groups in total. The summed E-state index contributed by atoms with van der Waals surface area (Å²) < 4.78 is 9.92. The Labute approximate surface area is 168 Å². The zero-order valence-corrected chi connectivity index (χ0v) is 16.3. The van der Waals surface area contributed by atoms with E-state index >= 15 is 0 Å². The monoisotopic (exact) mass is 404 g/mol. The van der Waals surface area contributed by atoms with Gasteiger partial charge in [0.15, 0.2) is 6.61 Å².